The molecule has 0 unspecified atom stereocenters. The summed E-state index contributed by atoms with van der Waals surface area (Å²) in [6.45, 7) is 5.86. The van der Waals surface area contributed by atoms with E-state index in [0.717, 1.165) is 82.7 Å². The fourth-order valence-electron chi connectivity index (χ4n) is 6.07. The number of aromatic nitrogens is 3. The highest BCUT2D eigenvalue weighted by atomic mass is 16.5. The number of para-hydroxylation sites is 2. The lowest BCUT2D eigenvalue weighted by molar-refractivity contribution is 0.121. The van der Waals surface area contributed by atoms with Gasteiger partial charge in [-0.25, -0.2) is 0 Å². The van der Waals surface area contributed by atoms with E-state index in [0.29, 0.717) is 26.4 Å². The second-order valence-corrected chi connectivity index (χ2v) is 11.2. The summed E-state index contributed by atoms with van der Waals surface area (Å²) in [4.78, 5) is 4.85. The van der Waals surface area contributed by atoms with Crippen LogP contribution in [0.1, 0.15) is 11.1 Å². The number of benzene rings is 4. The molecule has 0 radical (unpaired) electrons. The molecule has 2 aliphatic rings. The molecule has 2 aliphatic heterocycles. The standard InChI is InChI=1S/C37H37N7O2/c1-4-10-28(11-5-1)35(39-29-12-6-2-7-13-29)36(40-30-14-8-3-9-15-30)31-16-17-33(43-20-24-45-25-21-43)37(44-22-26-46-27-23-44)34(31)32-18-19-38-42-41-32/h1-19,39-40H,20-27H2. The monoisotopic (exact) mass is 611 g/mol. The number of morpholine rings is 2. The summed E-state index contributed by atoms with van der Waals surface area (Å²) in [5, 5.41) is 20.4. The molecule has 4 aromatic carbocycles. The molecule has 0 saturated carbocycles. The molecule has 2 N–H and O–H groups in total. The Morgan fingerprint density at radius 3 is 1.74 bits per heavy atom. The number of hydrogen-bond donors (Lipinski definition) is 2. The van der Waals surface area contributed by atoms with Crippen LogP contribution in [0.4, 0.5) is 22.7 Å². The van der Waals surface area contributed by atoms with Crippen LogP contribution in [0.2, 0.25) is 0 Å². The van der Waals surface area contributed by atoms with Crippen molar-refractivity contribution in [1.82, 2.24) is 15.4 Å². The zero-order chi connectivity index (χ0) is 31.0. The molecule has 2 saturated heterocycles. The topological polar surface area (TPSA) is 87.7 Å². The zero-order valence-electron chi connectivity index (χ0n) is 25.7. The van der Waals surface area contributed by atoms with E-state index < -0.39 is 0 Å². The average molecular weight is 612 g/mol. The van der Waals surface area contributed by atoms with Gasteiger partial charge in [0.05, 0.1) is 61.1 Å². The first-order valence-corrected chi connectivity index (χ1v) is 15.8. The molecule has 1 aromatic heterocycles. The maximum atomic E-state index is 5.83. The third kappa shape index (κ3) is 6.56. The highest BCUT2D eigenvalue weighted by molar-refractivity contribution is 6.06. The molecule has 5 aromatic rings. The molecular weight excluding hydrogens is 574 g/mol. The third-order valence-corrected chi connectivity index (χ3v) is 8.26. The van der Waals surface area contributed by atoms with Gasteiger partial charge in [-0.3, -0.25) is 0 Å². The van der Waals surface area contributed by atoms with Crippen molar-refractivity contribution in [3.05, 3.63) is 127 Å². The smallest absolute Gasteiger partial charge is 0.0991 e. The summed E-state index contributed by atoms with van der Waals surface area (Å²) >= 11 is 0. The molecule has 0 amide bonds. The van der Waals surface area contributed by atoms with Crippen LogP contribution in [0.3, 0.4) is 0 Å². The molecule has 9 heteroatoms. The minimum Gasteiger partial charge on any atom is -0.378 e. The van der Waals surface area contributed by atoms with Crippen LogP contribution >= 0.6 is 0 Å². The Balaban J connectivity index is 1.54. The van der Waals surface area contributed by atoms with Crippen LogP contribution in [-0.4, -0.2) is 68.0 Å². The number of ether oxygens (including phenoxy) is 2. The largest absolute Gasteiger partial charge is 0.378 e. The van der Waals surface area contributed by atoms with Crippen molar-refractivity contribution in [2.75, 3.05) is 73.0 Å². The van der Waals surface area contributed by atoms with Crippen LogP contribution in [0.25, 0.3) is 22.7 Å². The molecule has 9 nitrogen and oxygen atoms in total. The van der Waals surface area contributed by atoms with Crippen molar-refractivity contribution in [2.24, 2.45) is 0 Å². The predicted molar refractivity (Wildman–Crippen MR) is 185 cm³/mol. The molecule has 0 bridgehead atoms. The van der Waals surface area contributed by atoms with Crippen molar-refractivity contribution in [3.63, 3.8) is 0 Å². The van der Waals surface area contributed by atoms with E-state index >= 15 is 0 Å². The van der Waals surface area contributed by atoms with E-state index in [1.807, 2.05) is 48.5 Å². The Kier molecular flexibility index (Phi) is 9.12. The van der Waals surface area contributed by atoms with Crippen LogP contribution in [0, 0.1) is 0 Å². The third-order valence-electron chi connectivity index (χ3n) is 8.26. The zero-order valence-corrected chi connectivity index (χ0v) is 25.7. The Hall–Kier alpha value is -5.25. The van der Waals surface area contributed by atoms with Gasteiger partial charge in [-0.2, -0.15) is 0 Å². The normalized spacial score (nSPS) is 15.7. The Morgan fingerprint density at radius 2 is 1.15 bits per heavy atom. The molecule has 0 atom stereocenters. The molecule has 3 heterocycles. The predicted octanol–water partition coefficient (Wildman–Crippen LogP) is 6.26. The molecule has 2 fully saturated rings. The van der Waals surface area contributed by atoms with Gasteiger partial charge in [0.2, 0.25) is 0 Å². The number of anilines is 4. The number of nitrogens with one attached hydrogen (secondary N) is 2. The van der Waals surface area contributed by atoms with Crippen LogP contribution in [0.5, 0.6) is 0 Å². The average Bonchev–Trinajstić information content (AvgIpc) is 3.15. The van der Waals surface area contributed by atoms with Crippen molar-refractivity contribution in [3.8, 4) is 11.3 Å². The van der Waals surface area contributed by atoms with Crippen molar-refractivity contribution >= 4 is 34.1 Å². The van der Waals surface area contributed by atoms with Crippen LogP contribution < -0.4 is 20.4 Å². The first-order valence-electron chi connectivity index (χ1n) is 15.8. The van der Waals surface area contributed by atoms with E-state index in [2.05, 4.69) is 96.5 Å². The van der Waals surface area contributed by atoms with Gasteiger partial charge in [0.15, 0.2) is 0 Å². The molecule has 46 heavy (non-hydrogen) atoms. The second-order valence-electron chi connectivity index (χ2n) is 11.2. The fraction of sp³-hybridized carbons (Fsp3) is 0.216. The van der Waals surface area contributed by atoms with Crippen molar-refractivity contribution in [1.29, 1.82) is 0 Å². The minimum atomic E-state index is 0.657. The molecular formula is C37H37N7O2. The molecule has 0 aliphatic carbocycles. The van der Waals surface area contributed by atoms with Crippen molar-refractivity contribution in [2.45, 2.75) is 0 Å². The van der Waals surface area contributed by atoms with Gasteiger partial charge < -0.3 is 29.9 Å². The first-order chi connectivity index (χ1) is 22.8. The Bertz CT molecular complexity index is 1740. The highest BCUT2D eigenvalue weighted by Gasteiger charge is 2.29. The van der Waals surface area contributed by atoms with Crippen LogP contribution in [0.15, 0.2) is 115 Å². The van der Waals surface area contributed by atoms with Gasteiger partial charge in [0.25, 0.3) is 0 Å². The highest BCUT2D eigenvalue weighted by Crippen LogP contribution is 2.45. The second kappa shape index (κ2) is 14.2. The van der Waals surface area contributed by atoms with Gasteiger partial charge in [0, 0.05) is 54.2 Å². The number of nitrogens with zero attached hydrogens (tertiary/aromatic N) is 5. The summed E-state index contributed by atoms with van der Waals surface area (Å²) in [6, 6.07) is 37.4. The van der Waals surface area contributed by atoms with Gasteiger partial charge in [-0.1, -0.05) is 66.7 Å². The van der Waals surface area contributed by atoms with Gasteiger partial charge in [-0.05, 0) is 47.7 Å². The number of rotatable bonds is 9. The van der Waals surface area contributed by atoms with Crippen molar-refractivity contribution < 1.29 is 9.47 Å². The van der Waals surface area contributed by atoms with E-state index in [9.17, 15) is 0 Å². The summed E-state index contributed by atoms with van der Waals surface area (Å²) in [5.74, 6) is 0. The van der Waals surface area contributed by atoms with E-state index in [-0.39, 0.29) is 0 Å². The van der Waals surface area contributed by atoms with E-state index in [1.165, 1.54) is 0 Å². The van der Waals surface area contributed by atoms with Gasteiger partial charge >= 0.3 is 0 Å². The quantitative estimate of drug-likeness (QED) is 0.188. The summed E-state index contributed by atoms with van der Waals surface area (Å²) < 4.78 is 11.6. The van der Waals surface area contributed by atoms with E-state index in [4.69, 9.17) is 9.47 Å². The minimum absolute atomic E-state index is 0.657. The Labute approximate surface area is 269 Å². The Morgan fingerprint density at radius 1 is 0.587 bits per heavy atom. The molecule has 7 rings (SSSR count). The SMILES string of the molecule is c1ccc(NC(=C(Nc2ccccc2)c2ccc(N3CCOCC3)c(N3CCOCC3)c2-c2ccnnn2)c2ccccc2)cc1. The summed E-state index contributed by atoms with van der Waals surface area (Å²) in [5.41, 5.74) is 9.84. The maximum absolute atomic E-state index is 5.83. The fourth-order valence-corrected chi connectivity index (χ4v) is 6.07. The lowest BCUT2D eigenvalue weighted by Gasteiger charge is -2.38. The van der Waals surface area contributed by atoms with E-state index in [1.54, 1.807) is 6.20 Å². The maximum Gasteiger partial charge on any atom is 0.0991 e. The summed E-state index contributed by atoms with van der Waals surface area (Å²) in [6.07, 6.45) is 1.71. The lowest BCUT2D eigenvalue weighted by atomic mass is 9.93. The molecule has 0 spiro atoms. The molecule has 232 valence electrons. The van der Waals surface area contributed by atoms with Gasteiger partial charge in [0.1, 0.15) is 0 Å². The summed E-state index contributed by atoms with van der Waals surface area (Å²) in [7, 11) is 0. The lowest BCUT2D eigenvalue weighted by Crippen LogP contribution is -2.40. The number of hydrogen-bond acceptors (Lipinski definition) is 9. The first kappa shape index (κ1) is 29.5. The van der Waals surface area contributed by atoms with Crippen LogP contribution in [-0.2, 0) is 9.47 Å². The van der Waals surface area contributed by atoms with Gasteiger partial charge in [-0.15, -0.1) is 10.2 Å².